The Balaban J connectivity index is 1.80. The Morgan fingerprint density at radius 2 is 2.00 bits per heavy atom. The summed E-state index contributed by atoms with van der Waals surface area (Å²) in [6.07, 6.45) is 2.01. The minimum absolute atomic E-state index is 0.267. The molecule has 0 fully saturated rings. The number of aliphatic hydroxyl groups is 1. The summed E-state index contributed by atoms with van der Waals surface area (Å²) in [6, 6.07) is 13.3. The van der Waals surface area contributed by atoms with Crippen molar-refractivity contribution in [1.29, 1.82) is 0 Å². The second kappa shape index (κ2) is 10.0. The molecule has 23 heavy (non-hydrogen) atoms. The maximum Gasteiger partial charge on any atom is 0.119 e. The highest BCUT2D eigenvalue weighted by atomic mass is 16.5. The Labute approximate surface area is 137 Å². The number of para-hydroxylation sites is 1. The molecule has 0 saturated heterocycles. The first-order valence-corrected chi connectivity index (χ1v) is 7.87. The highest BCUT2D eigenvalue weighted by Gasteiger charge is 2.14. The van der Waals surface area contributed by atoms with E-state index in [9.17, 15) is 5.11 Å². The summed E-state index contributed by atoms with van der Waals surface area (Å²) in [5, 5.41) is 10.2. The first-order chi connectivity index (χ1) is 11.3. The van der Waals surface area contributed by atoms with Crippen LogP contribution in [-0.4, -0.2) is 49.5 Å². The summed E-state index contributed by atoms with van der Waals surface area (Å²) in [4.78, 5) is 2.15. The molecule has 0 amide bonds. The molecule has 0 saturated carbocycles. The fraction of sp³-hybridized carbons (Fsp3) is 0.444. The average molecular weight is 319 g/mol. The van der Waals surface area contributed by atoms with E-state index in [1.165, 1.54) is 0 Å². The zero-order chi connectivity index (χ0) is 16.3. The first kappa shape index (κ1) is 17.5. The van der Waals surface area contributed by atoms with E-state index < -0.39 is 6.10 Å². The van der Waals surface area contributed by atoms with Gasteiger partial charge in [0.05, 0.1) is 12.8 Å². The largest absolute Gasteiger partial charge is 0.491 e. The monoisotopic (exact) mass is 319 g/mol. The minimum atomic E-state index is -0.562. The van der Waals surface area contributed by atoms with E-state index in [2.05, 4.69) is 4.90 Å². The minimum Gasteiger partial charge on any atom is -0.491 e. The van der Waals surface area contributed by atoms with E-state index in [4.69, 9.17) is 13.9 Å². The Morgan fingerprint density at radius 1 is 1.17 bits per heavy atom. The predicted molar refractivity (Wildman–Crippen MR) is 88.4 cm³/mol. The number of furan rings is 1. The SMILES string of the molecule is COCCCN(Cc1ccco1)C[C@@H](O)COc1ccccc1. The van der Waals surface area contributed by atoms with Gasteiger partial charge in [-0.15, -0.1) is 0 Å². The van der Waals surface area contributed by atoms with Gasteiger partial charge in [0.25, 0.3) is 0 Å². The van der Waals surface area contributed by atoms with Crippen molar-refractivity contribution in [3.8, 4) is 5.75 Å². The Kier molecular flexibility index (Phi) is 7.66. The quantitative estimate of drug-likeness (QED) is 0.645. The molecule has 5 heteroatoms. The van der Waals surface area contributed by atoms with Gasteiger partial charge in [-0.25, -0.2) is 0 Å². The van der Waals surface area contributed by atoms with Crippen LogP contribution in [0.15, 0.2) is 53.1 Å². The van der Waals surface area contributed by atoms with Crippen LogP contribution < -0.4 is 4.74 Å². The van der Waals surface area contributed by atoms with Crippen LogP contribution in [0.2, 0.25) is 0 Å². The van der Waals surface area contributed by atoms with Gasteiger partial charge in [-0.1, -0.05) is 18.2 Å². The molecule has 0 unspecified atom stereocenters. The van der Waals surface area contributed by atoms with Crippen molar-refractivity contribution in [2.75, 3.05) is 33.4 Å². The van der Waals surface area contributed by atoms with E-state index in [0.29, 0.717) is 19.7 Å². The molecular weight excluding hydrogens is 294 g/mol. The molecular formula is C18H25NO4. The van der Waals surface area contributed by atoms with Crippen LogP contribution in [0.5, 0.6) is 5.75 Å². The second-order valence-corrected chi connectivity index (χ2v) is 5.44. The van der Waals surface area contributed by atoms with Gasteiger partial charge in [-0.2, -0.15) is 0 Å². The van der Waals surface area contributed by atoms with Crippen molar-refractivity contribution >= 4 is 0 Å². The molecule has 2 aromatic rings. The lowest BCUT2D eigenvalue weighted by atomic mass is 10.3. The Morgan fingerprint density at radius 3 is 2.70 bits per heavy atom. The molecule has 1 aromatic carbocycles. The highest BCUT2D eigenvalue weighted by Crippen LogP contribution is 2.10. The molecule has 0 spiro atoms. The summed E-state index contributed by atoms with van der Waals surface area (Å²) >= 11 is 0. The standard InChI is InChI=1S/C18H25NO4/c1-21-11-6-10-19(14-18-9-5-12-22-18)13-16(20)15-23-17-7-3-2-4-8-17/h2-5,7-9,12,16,20H,6,10-11,13-15H2,1H3/t16-/m1/s1. The van der Waals surface area contributed by atoms with Gasteiger partial charge < -0.3 is 19.0 Å². The second-order valence-electron chi connectivity index (χ2n) is 5.44. The van der Waals surface area contributed by atoms with E-state index in [-0.39, 0.29) is 6.61 Å². The normalized spacial score (nSPS) is 12.5. The smallest absolute Gasteiger partial charge is 0.119 e. The first-order valence-electron chi connectivity index (χ1n) is 7.87. The average Bonchev–Trinajstić information content (AvgIpc) is 3.07. The van der Waals surface area contributed by atoms with Crippen LogP contribution in [0.3, 0.4) is 0 Å². The van der Waals surface area contributed by atoms with Crippen molar-refractivity contribution in [2.24, 2.45) is 0 Å². The molecule has 126 valence electrons. The summed E-state index contributed by atoms with van der Waals surface area (Å²) in [5.41, 5.74) is 0. The zero-order valence-electron chi connectivity index (χ0n) is 13.6. The topological polar surface area (TPSA) is 55.1 Å². The maximum absolute atomic E-state index is 10.2. The third kappa shape index (κ3) is 6.86. The fourth-order valence-electron chi connectivity index (χ4n) is 2.35. The molecule has 0 bridgehead atoms. The molecule has 0 aliphatic heterocycles. The molecule has 1 N–H and O–H groups in total. The van der Waals surface area contributed by atoms with Crippen LogP contribution in [0, 0.1) is 0 Å². The van der Waals surface area contributed by atoms with Gasteiger partial charge in [-0.05, 0) is 30.7 Å². The van der Waals surface area contributed by atoms with E-state index >= 15 is 0 Å². The lowest BCUT2D eigenvalue weighted by Gasteiger charge is -2.24. The van der Waals surface area contributed by atoms with Gasteiger partial charge >= 0.3 is 0 Å². The number of aliphatic hydroxyl groups excluding tert-OH is 1. The number of ether oxygens (including phenoxy) is 2. The Hall–Kier alpha value is -1.82. The molecule has 1 aromatic heterocycles. The predicted octanol–water partition coefficient (Wildman–Crippen LogP) is 2.56. The van der Waals surface area contributed by atoms with Crippen LogP contribution in [0.4, 0.5) is 0 Å². The summed E-state index contributed by atoms with van der Waals surface area (Å²) in [7, 11) is 1.69. The van der Waals surface area contributed by atoms with Gasteiger partial charge in [0.1, 0.15) is 24.2 Å². The van der Waals surface area contributed by atoms with Crippen LogP contribution in [0.1, 0.15) is 12.2 Å². The number of benzene rings is 1. The summed E-state index contributed by atoms with van der Waals surface area (Å²) < 4.78 is 16.1. The van der Waals surface area contributed by atoms with Gasteiger partial charge in [0.15, 0.2) is 0 Å². The molecule has 5 nitrogen and oxygen atoms in total. The number of methoxy groups -OCH3 is 1. The van der Waals surface area contributed by atoms with Gasteiger partial charge in [0.2, 0.25) is 0 Å². The maximum atomic E-state index is 10.2. The molecule has 0 aliphatic rings. The van der Waals surface area contributed by atoms with Crippen molar-refractivity contribution in [3.05, 3.63) is 54.5 Å². The van der Waals surface area contributed by atoms with Crippen LogP contribution >= 0.6 is 0 Å². The lowest BCUT2D eigenvalue weighted by molar-refractivity contribution is 0.0594. The lowest BCUT2D eigenvalue weighted by Crippen LogP contribution is -2.36. The molecule has 1 heterocycles. The van der Waals surface area contributed by atoms with Crippen LogP contribution in [-0.2, 0) is 11.3 Å². The van der Waals surface area contributed by atoms with Crippen molar-refractivity contribution in [2.45, 2.75) is 19.1 Å². The third-order valence-corrected chi connectivity index (χ3v) is 3.44. The van der Waals surface area contributed by atoms with Gasteiger partial charge in [0, 0.05) is 26.8 Å². The van der Waals surface area contributed by atoms with Crippen molar-refractivity contribution in [3.63, 3.8) is 0 Å². The van der Waals surface area contributed by atoms with E-state index in [0.717, 1.165) is 24.5 Å². The number of hydrogen-bond donors (Lipinski definition) is 1. The molecule has 0 radical (unpaired) electrons. The Bertz CT molecular complexity index is 515. The van der Waals surface area contributed by atoms with E-state index in [1.807, 2.05) is 42.5 Å². The van der Waals surface area contributed by atoms with Gasteiger partial charge in [-0.3, -0.25) is 4.90 Å². The van der Waals surface area contributed by atoms with E-state index in [1.54, 1.807) is 13.4 Å². The zero-order valence-corrected chi connectivity index (χ0v) is 13.6. The summed E-state index contributed by atoms with van der Waals surface area (Å²) in [5.74, 6) is 1.65. The molecule has 0 aliphatic carbocycles. The number of rotatable bonds is 11. The summed E-state index contributed by atoms with van der Waals surface area (Å²) in [6.45, 7) is 2.99. The number of nitrogens with zero attached hydrogens (tertiary/aromatic N) is 1. The van der Waals surface area contributed by atoms with Crippen molar-refractivity contribution in [1.82, 2.24) is 4.90 Å². The number of hydrogen-bond acceptors (Lipinski definition) is 5. The van der Waals surface area contributed by atoms with Crippen LogP contribution in [0.25, 0.3) is 0 Å². The molecule has 2 rings (SSSR count). The third-order valence-electron chi connectivity index (χ3n) is 3.44. The highest BCUT2D eigenvalue weighted by molar-refractivity contribution is 5.20. The molecule has 1 atom stereocenters. The van der Waals surface area contributed by atoms with Crippen molar-refractivity contribution < 1.29 is 19.0 Å². The fourth-order valence-corrected chi connectivity index (χ4v) is 2.35.